The maximum atomic E-state index is 9.40. The molecule has 76 valence electrons. The zero-order chi connectivity index (χ0) is 10.1. The number of hydrogen-bond acceptors (Lipinski definition) is 2. The molecule has 0 saturated heterocycles. The van der Waals surface area contributed by atoms with E-state index >= 15 is 0 Å². The van der Waals surface area contributed by atoms with Gasteiger partial charge in [0.1, 0.15) is 5.75 Å². The normalized spacial score (nSPS) is 27.1. The summed E-state index contributed by atoms with van der Waals surface area (Å²) in [7, 11) is 1.67. The summed E-state index contributed by atoms with van der Waals surface area (Å²) in [5.41, 5.74) is 1.32. The van der Waals surface area contributed by atoms with E-state index in [9.17, 15) is 5.11 Å². The molecule has 1 aromatic carbocycles. The molecule has 0 radical (unpaired) electrons. The van der Waals surface area contributed by atoms with E-state index in [-0.39, 0.29) is 6.10 Å². The van der Waals surface area contributed by atoms with Crippen molar-refractivity contribution >= 4 is 0 Å². The first-order valence-corrected chi connectivity index (χ1v) is 5.04. The van der Waals surface area contributed by atoms with E-state index in [2.05, 4.69) is 12.1 Å². The largest absolute Gasteiger partial charge is 0.497 e. The topological polar surface area (TPSA) is 29.5 Å². The van der Waals surface area contributed by atoms with Crippen molar-refractivity contribution in [2.45, 2.75) is 25.4 Å². The van der Waals surface area contributed by atoms with Crippen molar-refractivity contribution in [3.05, 3.63) is 29.8 Å². The molecule has 0 bridgehead atoms. The highest BCUT2D eigenvalue weighted by atomic mass is 16.5. The van der Waals surface area contributed by atoms with Gasteiger partial charge in [-0.2, -0.15) is 0 Å². The number of methoxy groups -OCH3 is 1. The second-order valence-electron chi connectivity index (χ2n) is 4.02. The van der Waals surface area contributed by atoms with Crippen molar-refractivity contribution in [2.75, 3.05) is 7.11 Å². The van der Waals surface area contributed by atoms with Crippen molar-refractivity contribution in [2.24, 2.45) is 5.92 Å². The molecule has 14 heavy (non-hydrogen) atoms. The van der Waals surface area contributed by atoms with Crippen molar-refractivity contribution in [1.82, 2.24) is 0 Å². The Bertz CT molecular complexity index is 303. The van der Waals surface area contributed by atoms with E-state index in [4.69, 9.17) is 4.74 Å². The highest BCUT2D eigenvalue weighted by Gasteiger charge is 2.41. The third-order valence-corrected chi connectivity index (χ3v) is 3.00. The lowest BCUT2D eigenvalue weighted by Crippen LogP contribution is -2.03. The molecule has 2 rings (SSSR count). The number of hydrogen-bond donors (Lipinski definition) is 1. The Labute approximate surface area is 84.5 Å². The molecule has 0 aromatic heterocycles. The van der Waals surface area contributed by atoms with E-state index in [0.29, 0.717) is 11.8 Å². The highest BCUT2D eigenvalue weighted by molar-refractivity contribution is 5.32. The summed E-state index contributed by atoms with van der Waals surface area (Å²) < 4.78 is 5.09. The van der Waals surface area contributed by atoms with E-state index in [1.165, 1.54) is 5.56 Å². The predicted octanol–water partition coefficient (Wildman–Crippen LogP) is 2.18. The first-order valence-electron chi connectivity index (χ1n) is 5.04. The molecule has 0 aliphatic heterocycles. The second-order valence-corrected chi connectivity index (χ2v) is 4.02. The number of benzene rings is 1. The molecule has 1 aliphatic carbocycles. The Morgan fingerprint density at radius 1 is 1.36 bits per heavy atom. The quantitative estimate of drug-likeness (QED) is 0.795. The average Bonchev–Trinajstić information content (AvgIpc) is 2.97. The second kappa shape index (κ2) is 3.62. The van der Waals surface area contributed by atoms with Crippen molar-refractivity contribution in [3.63, 3.8) is 0 Å². The molecule has 1 fully saturated rings. The number of ether oxygens (including phenoxy) is 1. The lowest BCUT2D eigenvalue weighted by atomic mass is 10.1. The van der Waals surface area contributed by atoms with Gasteiger partial charge in [0.05, 0.1) is 13.2 Å². The average molecular weight is 192 g/mol. The molecule has 0 heterocycles. The van der Waals surface area contributed by atoms with Crippen LogP contribution in [0.2, 0.25) is 0 Å². The van der Waals surface area contributed by atoms with Gasteiger partial charge in [0.2, 0.25) is 0 Å². The van der Waals surface area contributed by atoms with E-state index in [0.717, 1.165) is 12.2 Å². The summed E-state index contributed by atoms with van der Waals surface area (Å²) in [5.74, 6) is 1.91. The Balaban J connectivity index is 2.05. The molecule has 0 amide bonds. The number of rotatable bonds is 3. The fourth-order valence-corrected chi connectivity index (χ4v) is 1.98. The predicted molar refractivity (Wildman–Crippen MR) is 55.5 cm³/mol. The summed E-state index contributed by atoms with van der Waals surface area (Å²) in [5, 5.41) is 9.40. The van der Waals surface area contributed by atoms with Gasteiger partial charge < -0.3 is 9.84 Å². The Kier molecular flexibility index (Phi) is 2.46. The van der Waals surface area contributed by atoms with Crippen LogP contribution >= 0.6 is 0 Å². The Morgan fingerprint density at radius 2 is 2.00 bits per heavy atom. The van der Waals surface area contributed by atoms with Crippen molar-refractivity contribution < 1.29 is 9.84 Å². The van der Waals surface area contributed by atoms with Crippen molar-refractivity contribution in [3.8, 4) is 5.75 Å². The third kappa shape index (κ3) is 1.75. The summed E-state index contributed by atoms with van der Waals surface area (Å²) in [6, 6.07) is 8.14. The molecular weight excluding hydrogens is 176 g/mol. The minimum atomic E-state index is -0.179. The third-order valence-electron chi connectivity index (χ3n) is 3.00. The Hall–Kier alpha value is -1.02. The molecule has 1 aromatic rings. The van der Waals surface area contributed by atoms with Crippen LogP contribution in [0.3, 0.4) is 0 Å². The van der Waals surface area contributed by atoms with Gasteiger partial charge in [-0.25, -0.2) is 0 Å². The van der Waals surface area contributed by atoms with Gasteiger partial charge in [-0.3, -0.25) is 0 Å². The van der Waals surface area contributed by atoms with Crippen LogP contribution < -0.4 is 4.74 Å². The minimum Gasteiger partial charge on any atom is -0.497 e. The van der Waals surface area contributed by atoms with Gasteiger partial charge in [-0.15, -0.1) is 0 Å². The van der Waals surface area contributed by atoms with Gasteiger partial charge in [0, 0.05) is 0 Å². The zero-order valence-electron chi connectivity index (χ0n) is 8.60. The monoisotopic (exact) mass is 192 g/mol. The van der Waals surface area contributed by atoms with Crippen LogP contribution in [0.25, 0.3) is 0 Å². The van der Waals surface area contributed by atoms with E-state index in [1.807, 2.05) is 19.1 Å². The molecule has 1 N–H and O–H groups in total. The van der Waals surface area contributed by atoms with Crippen LogP contribution in [0.4, 0.5) is 0 Å². The van der Waals surface area contributed by atoms with Gasteiger partial charge in [0.15, 0.2) is 0 Å². The zero-order valence-corrected chi connectivity index (χ0v) is 8.60. The molecule has 0 unspecified atom stereocenters. The molecule has 2 nitrogen and oxygen atoms in total. The van der Waals surface area contributed by atoms with Crippen LogP contribution in [0.5, 0.6) is 5.75 Å². The van der Waals surface area contributed by atoms with Gasteiger partial charge in [-0.1, -0.05) is 12.1 Å². The number of aliphatic hydroxyl groups excluding tert-OH is 1. The SMILES string of the molecule is COc1ccc([C@@H]2C[C@@H]2[C@H](C)O)cc1. The smallest absolute Gasteiger partial charge is 0.118 e. The van der Waals surface area contributed by atoms with Crippen LogP contribution in [0.15, 0.2) is 24.3 Å². The fourth-order valence-electron chi connectivity index (χ4n) is 1.98. The van der Waals surface area contributed by atoms with Gasteiger partial charge in [-0.05, 0) is 42.9 Å². The van der Waals surface area contributed by atoms with E-state index in [1.54, 1.807) is 7.11 Å². The van der Waals surface area contributed by atoms with Gasteiger partial charge in [0.25, 0.3) is 0 Å². The van der Waals surface area contributed by atoms with Gasteiger partial charge >= 0.3 is 0 Å². The lowest BCUT2D eigenvalue weighted by Gasteiger charge is -2.04. The van der Waals surface area contributed by atoms with Crippen LogP contribution in [-0.2, 0) is 0 Å². The standard InChI is InChI=1S/C12H16O2/c1-8(13)11-7-12(11)9-3-5-10(14-2)6-4-9/h3-6,8,11-13H,7H2,1-2H3/t8-,11+,12-/m0/s1. The lowest BCUT2D eigenvalue weighted by molar-refractivity contribution is 0.169. The summed E-state index contributed by atoms with van der Waals surface area (Å²) >= 11 is 0. The minimum absolute atomic E-state index is 0.179. The highest BCUT2D eigenvalue weighted by Crippen LogP contribution is 2.49. The maximum Gasteiger partial charge on any atom is 0.118 e. The molecule has 0 spiro atoms. The Morgan fingerprint density at radius 3 is 2.43 bits per heavy atom. The molecule has 1 aliphatic rings. The summed E-state index contributed by atoms with van der Waals surface area (Å²) in [6.07, 6.45) is 0.936. The molecular formula is C12H16O2. The van der Waals surface area contributed by atoms with Crippen LogP contribution in [0.1, 0.15) is 24.8 Å². The fraction of sp³-hybridized carbons (Fsp3) is 0.500. The maximum absolute atomic E-state index is 9.40. The summed E-state index contributed by atoms with van der Waals surface area (Å²) in [4.78, 5) is 0. The van der Waals surface area contributed by atoms with Crippen LogP contribution in [-0.4, -0.2) is 18.3 Å². The first kappa shape index (κ1) is 9.53. The van der Waals surface area contributed by atoms with Crippen molar-refractivity contribution in [1.29, 1.82) is 0 Å². The summed E-state index contributed by atoms with van der Waals surface area (Å²) in [6.45, 7) is 1.87. The molecule has 2 heteroatoms. The molecule has 3 atom stereocenters. The van der Waals surface area contributed by atoms with Crippen LogP contribution in [0, 0.1) is 5.92 Å². The molecule has 1 saturated carbocycles. The number of aliphatic hydroxyl groups is 1. The van der Waals surface area contributed by atoms with E-state index < -0.39 is 0 Å². The first-order chi connectivity index (χ1) is 6.72.